The van der Waals surface area contributed by atoms with E-state index >= 15 is 0 Å². The van der Waals surface area contributed by atoms with Gasteiger partial charge in [0.1, 0.15) is 12.4 Å². The van der Waals surface area contributed by atoms with Crippen LogP contribution in [0.4, 0.5) is 4.39 Å². The predicted octanol–water partition coefficient (Wildman–Crippen LogP) is 5.45. The van der Waals surface area contributed by atoms with E-state index in [1.165, 1.54) is 17.7 Å². The van der Waals surface area contributed by atoms with Crippen LogP contribution in [0, 0.1) is 5.82 Å². The molecule has 1 aromatic heterocycles. The van der Waals surface area contributed by atoms with Gasteiger partial charge in [-0.15, -0.1) is 0 Å². The molecule has 0 saturated carbocycles. The molecule has 35 heavy (non-hydrogen) atoms. The van der Waals surface area contributed by atoms with Crippen molar-refractivity contribution in [3.05, 3.63) is 95.1 Å². The first-order valence-corrected chi connectivity index (χ1v) is 12.5. The summed E-state index contributed by atoms with van der Waals surface area (Å²) in [6, 6.07) is 17.5. The number of amides is 2. The largest absolute Gasteiger partial charge is 0.348 e. The monoisotopic (exact) mass is 475 g/mol. The number of fused-ring (bicyclic) bond motifs is 1. The van der Waals surface area contributed by atoms with Crippen LogP contribution in [0.25, 0.3) is 0 Å². The Kier molecular flexibility index (Phi) is 7.69. The van der Waals surface area contributed by atoms with Crippen LogP contribution < -0.4 is 0 Å². The zero-order valence-corrected chi connectivity index (χ0v) is 20.8. The van der Waals surface area contributed by atoms with Crippen molar-refractivity contribution in [2.75, 3.05) is 13.1 Å². The van der Waals surface area contributed by atoms with Gasteiger partial charge in [0.25, 0.3) is 5.91 Å². The maximum atomic E-state index is 14.1. The van der Waals surface area contributed by atoms with E-state index in [1.54, 1.807) is 15.9 Å². The normalized spacial score (nSPS) is 15.2. The number of hydrogen-bond donors (Lipinski definition) is 0. The minimum absolute atomic E-state index is 0.0272. The predicted molar refractivity (Wildman–Crippen MR) is 136 cm³/mol. The van der Waals surface area contributed by atoms with Gasteiger partial charge < -0.3 is 14.4 Å². The molecule has 4 rings (SSSR count). The molecule has 0 aliphatic carbocycles. The molecule has 5 nitrogen and oxygen atoms in total. The summed E-state index contributed by atoms with van der Waals surface area (Å²) < 4.78 is 16.2. The van der Waals surface area contributed by atoms with Crippen molar-refractivity contribution < 1.29 is 14.0 Å². The van der Waals surface area contributed by atoms with E-state index in [-0.39, 0.29) is 30.2 Å². The Morgan fingerprint density at radius 2 is 1.83 bits per heavy atom. The summed E-state index contributed by atoms with van der Waals surface area (Å²) in [5.74, 6) is -0.633. The average Bonchev–Trinajstić information content (AvgIpc) is 3.34. The molecular weight excluding hydrogens is 441 g/mol. The van der Waals surface area contributed by atoms with E-state index in [2.05, 4.69) is 11.5 Å². The molecule has 2 heterocycles. The Morgan fingerprint density at radius 3 is 2.51 bits per heavy atom. The minimum atomic E-state index is -0.399. The molecule has 1 aliphatic rings. The molecule has 1 atom stereocenters. The van der Waals surface area contributed by atoms with Gasteiger partial charge in [-0.1, -0.05) is 37.6 Å². The Balaban J connectivity index is 1.56. The van der Waals surface area contributed by atoms with E-state index in [1.807, 2.05) is 62.5 Å². The van der Waals surface area contributed by atoms with Gasteiger partial charge in [0, 0.05) is 36.6 Å². The highest BCUT2D eigenvalue weighted by Crippen LogP contribution is 2.33. The summed E-state index contributed by atoms with van der Waals surface area (Å²) >= 11 is 0. The van der Waals surface area contributed by atoms with Crippen LogP contribution in [-0.2, 0) is 17.8 Å². The maximum Gasteiger partial charge on any atom is 0.254 e. The molecule has 0 radical (unpaired) electrons. The van der Waals surface area contributed by atoms with Crippen molar-refractivity contribution in [2.24, 2.45) is 0 Å². The first-order valence-electron chi connectivity index (χ1n) is 12.5. The molecule has 1 unspecified atom stereocenters. The Labute approximate surface area is 207 Å². The van der Waals surface area contributed by atoms with Crippen LogP contribution in [-0.4, -0.2) is 45.3 Å². The number of halogens is 1. The van der Waals surface area contributed by atoms with Crippen LogP contribution in [0.1, 0.15) is 66.8 Å². The quantitative estimate of drug-likeness (QED) is 0.435. The van der Waals surface area contributed by atoms with Gasteiger partial charge in [0.05, 0.1) is 6.04 Å². The third-order valence-corrected chi connectivity index (χ3v) is 6.73. The highest BCUT2D eigenvalue weighted by Gasteiger charge is 2.34. The molecule has 0 spiro atoms. The third kappa shape index (κ3) is 5.47. The second kappa shape index (κ2) is 10.9. The fourth-order valence-corrected chi connectivity index (χ4v) is 4.77. The fraction of sp³-hybridized carbons (Fsp3) is 0.379. The van der Waals surface area contributed by atoms with Crippen LogP contribution in [0.3, 0.4) is 0 Å². The summed E-state index contributed by atoms with van der Waals surface area (Å²) in [6.45, 7) is 7.13. The molecule has 2 amide bonds. The van der Waals surface area contributed by atoms with Crippen molar-refractivity contribution in [3.8, 4) is 0 Å². The van der Waals surface area contributed by atoms with E-state index in [0.29, 0.717) is 18.7 Å². The smallest absolute Gasteiger partial charge is 0.254 e. The van der Waals surface area contributed by atoms with E-state index in [9.17, 15) is 14.0 Å². The van der Waals surface area contributed by atoms with Gasteiger partial charge >= 0.3 is 0 Å². The number of rotatable bonds is 8. The summed E-state index contributed by atoms with van der Waals surface area (Å²) in [6.07, 6.45) is 5.22. The molecule has 184 valence electrons. The Bertz CT molecular complexity index is 1170. The van der Waals surface area contributed by atoms with Crippen LogP contribution >= 0.6 is 0 Å². The SMILES string of the molecule is CCCCc1ccc(C(=O)N(CC(=O)N2CCn3cccc3C2c2cccc(F)c2)C(C)C)cc1. The molecule has 0 bridgehead atoms. The molecule has 0 N–H and O–H groups in total. The Hall–Kier alpha value is -3.41. The van der Waals surface area contributed by atoms with Crippen molar-refractivity contribution in [2.45, 2.75) is 58.7 Å². The average molecular weight is 476 g/mol. The van der Waals surface area contributed by atoms with Gasteiger partial charge in [-0.05, 0) is 74.2 Å². The lowest BCUT2D eigenvalue weighted by Crippen LogP contribution is -2.49. The van der Waals surface area contributed by atoms with Crippen molar-refractivity contribution in [1.82, 2.24) is 14.4 Å². The third-order valence-electron chi connectivity index (χ3n) is 6.73. The number of carbonyl (C=O) groups is 2. The van der Waals surface area contributed by atoms with E-state index < -0.39 is 6.04 Å². The summed E-state index contributed by atoms with van der Waals surface area (Å²) in [4.78, 5) is 30.4. The van der Waals surface area contributed by atoms with Gasteiger partial charge in [-0.2, -0.15) is 0 Å². The second-order valence-electron chi connectivity index (χ2n) is 9.50. The molecular formula is C29H34FN3O2. The first kappa shape index (κ1) is 24.7. The van der Waals surface area contributed by atoms with Crippen LogP contribution in [0.2, 0.25) is 0 Å². The van der Waals surface area contributed by atoms with E-state index in [0.717, 1.165) is 30.5 Å². The number of nitrogens with zero attached hydrogens (tertiary/aromatic N) is 3. The van der Waals surface area contributed by atoms with Gasteiger partial charge in [0.2, 0.25) is 5.91 Å². The maximum absolute atomic E-state index is 14.1. The molecule has 0 fully saturated rings. The number of aryl methyl sites for hydroxylation is 1. The number of aromatic nitrogens is 1. The standard InChI is InChI=1S/C29H34FN3O2/c1-4-5-8-22-12-14-23(15-13-22)29(35)33(21(2)3)20-27(34)32-18-17-31-16-7-11-26(31)28(32)24-9-6-10-25(30)19-24/h6-7,9-16,19,21,28H,4-5,8,17-18,20H2,1-3H3. The number of hydrogen-bond acceptors (Lipinski definition) is 2. The lowest BCUT2D eigenvalue weighted by molar-refractivity contribution is -0.135. The Morgan fingerprint density at radius 1 is 1.06 bits per heavy atom. The lowest BCUT2D eigenvalue weighted by atomic mass is 9.99. The summed E-state index contributed by atoms with van der Waals surface area (Å²) in [5, 5.41) is 0. The zero-order chi connectivity index (χ0) is 24.9. The fourth-order valence-electron chi connectivity index (χ4n) is 4.77. The minimum Gasteiger partial charge on any atom is -0.348 e. The second-order valence-corrected chi connectivity index (χ2v) is 9.50. The van der Waals surface area contributed by atoms with E-state index in [4.69, 9.17) is 0 Å². The highest BCUT2D eigenvalue weighted by molar-refractivity contribution is 5.96. The topological polar surface area (TPSA) is 45.6 Å². The van der Waals surface area contributed by atoms with Gasteiger partial charge in [-0.3, -0.25) is 9.59 Å². The van der Waals surface area contributed by atoms with Crippen molar-refractivity contribution >= 4 is 11.8 Å². The molecule has 0 saturated heterocycles. The highest BCUT2D eigenvalue weighted by atomic mass is 19.1. The van der Waals surface area contributed by atoms with Gasteiger partial charge in [-0.25, -0.2) is 4.39 Å². The van der Waals surface area contributed by atoms with Crippen molar-refractivity contribution in [3.63, 3.8) is 0 Å². The zero-order valence-electron chi connectivity index (χ0n) is 20.8. The number of benzene rings is 2. The summed E-state index contributed by atoms with van der Waals surface area (Å²) in [5.41, 5.74) is 3.47. The van der Waals surface area contributed by atoms with Crippen molar-refractivity contribution in [1.29, 1.82) is 0 Å². The molecule has 2 aromatic carbocycles. The van der Waals surface area contributed by atoms with Crippen LogP contribution in [0.15, 0.2) is 66.9 Å². The number of carbonyl (C=O) groups excluding carboxylic acids is 2. The molecule has 3 aromatic rings. The van der Waals surface area contributed by atoms with Crippen LogP contribution in [0.5, 0.6) is 0 Å². The molecule has 6 heteroatoms. The van der Waals surface area contributed by atoms with Gasteiger partial charge in [0.15, 0.2) is 0 Å². The lowest BCUT2D eigenvalue weighted by Gasteiger charge is -2.39. The summed E-state index contributed by atoms with van der Waals surface area (Å²) in [7, 11) is 0. The molecule has 1 aliphatic heterocycles. The first-order chi connectivity index (χ1) is 16.9. The number of unbranched alkanes of at least 4 members (excludes halogenated alkanes) is 1.